The van der Waals surface area contributed by atoms with Gasteiger partial charge in [-0.3, -0.25) is 0 Å². The first kappa shape index (κ1) is 15.7. The smallest absolute Gasteiger partial charge is 0.105 e. The maximum atomic E-state index is 10.5. The van der Waals surface area contributed by atoms with Gasteiger partial charge in [-0.1, -0.05) is 12.2 Å². The number of halogens is 1. The summed E-state index contributed by atoms with van der Waals surface area (Å²) in [5.41, 5.74) is 6.80. The van der Waals surface area contributed by atoms with Crippen molar-refractivity contribution in [2.24, 2.45) is 5.73 Å². The molecule has 0 aromatic heterocycles. The lowest BCUT2D eigenvalue weighted by atomic mass is 9.94. The Morgan fingerprint density at radius 2 is 2.15 bits per heavy atom. The van der Waals surface area contributed by atoms with Crippen molar-refractivity contribution in [1.29, 1.82) is 0 Å². The quantitative estimate of drug-likeness (QED) is 0.806. The summed E-state index contributed by atoms with van der Waals surface area (Å²) in [5, 5.41) is 10.5. The van der Waals surface area contributed by atoms with Crippen LogP contribution in [0.25, 0.3) is 0 Å². The van der Waals surface area contributed by atoms with E-state index >= 15 is 0 Å². The Morgan fingerprint density at radius 3 is 2.70 bits per heavy atom. The molecule has 3 N–H and O–H groups in total. The van der Waals surface area contributed by atoms with Crippen LogP contribution in [-0.4, -0.2) is 42.5 Å². The minimum absolute atomic E-state index is 0.370. The van der Waals surface area contributed by atoms with Crippen LogP contribution in [0.2, 0.25) is 0 Å². The van der Waals surface area contributed by atoms with Crippen molar-refractivity contribution in [3.05, 3.63) is 28.2 Å². The predicted molar refractivity (Wildman–Crippen MR) is 88.3 cm³/mol. The number of anilines is 1. The molecule has 1 aliphatic heterocycles. The van der Waals surface area contributed by atoms with Gasteiger partial charge >= 0.3 is 0 Å². The average molecular weight is 359 g/mol. The second-order valence-electron chi connectivity index (χ2n) is 5.22. The number of aliphatic hydroxyl groups is 1. The van der Waals surface area contributed by atoms with Gasteiger partial charge in [0, 0.05) is 55.4 Å². The summed E-state index contributed by atoms with van der Waals surface area (Å²) in [6, 6.07) is 5.82. The molecule has 0 radical (unpaired) electrons. The fourth-order valence-electron chi connectivity index (χ4n) is 2.38. The standard InChI is InChI=1S/C14H19BrN2O2S/c1-17(9-14(18)4-6-19-7-5-14)10-2-3-11(13(16)20)12(15)8-10/h2-3,8,18H,4-7,9H2,1H3,(H2,16,20). The lowest BCUT2D eigenvalue weighted by Crippen LogP contribution is -2.45. The second kappa shape index (κ2) is 6.39. The van der Waals surface area contributed by atoms with Crippen LogP contribution in [0.5, 0.6) is 0 Å². The Hall–Kier alpha value is -0.690. The molecule has 1 heterocycles. The van der Waals surface area contributed by atoms with Crippen LogP contribution in [0.4, 0.5) is 5.69 Å². The van der Waals surface area contributed by atoms with E-state index in [-0.39, 0.29) is 0 Å². The maximum Gasteiger partial charge on any atom is 0.105 e. The molecule has 6 heteroatoms. The molecular formula is C14H19BrN2O2S. The Kier molecular flexibility index (Phi) is 5.01. The van der Waals surface area contributed by atoms with E-state index in [0.717, 1.165) is 15.7 Å². The summed E-state index contributed by atoms with van der Waals surface area (Å²) in [4.78, 5) is 2.41. The van der Waals surface area contributed by atoms with Crippen LogP contribution in [0, 0.1) is 0 Å². The van der Waals surface area contributed by atoms with E-state index in [1.54, 1.807) is 0 Å². The average Bonchev–Trinajstić information content (AvgIpc) is 2.38. The van der Waals surface area contributed by atoms with Gasteiger partial charge < -0.3 is 20.5 Å². The number of hydrogen-bond donors (Lipinski definition) is 2. The highest BCUT2D eigenvalue weighted by atomic mass is 79.9. The molecule has 1 fully saturated rings. The molecule has 0 spiro atoms. The van der Waals surface area contributed by atoms with Gasteiger partial charge in [-0.05, 0) is 34.1 Å². The van der Waals surface area contributed by atoms with Crippen molar-refractivity contribution in [2.75, 3.05) is 31.7 Å². The van der Waals surface area contributed by atoms with E-state index in [1.165, 1.54) is 0 Å². The van der Waals surface area contributed by atoms with Gasteiger partial charge in [-0.15, -0.1) is 0 Å². The normalized spacial score (nSPS) is 17.8. The van der Waals surface area contributed by atoms with Crippen LogP contribution in [0.15, 0.2) is 22.7 Å². The molecule has 1 saturated heterocycles. The summed E-state index contributed by atoms with van der Waals surface area (Å²) in [6.45, 7) is 1.82. The summed E-state index contributed by atoms with van der Waals surface area (Å²) in [7, 11) is 1.97. The van der Waals surface area contributed by atoms with Crippen molar-refractivity contribution >= 4 is 38.8 Å². The van der Waals surface area contributed by atoms with Crippen LogP contribution in [0.3, 0.4) is 0 Å². The molecule has 0 unspecified atom stereocenters. The van der Waals surface area contributed by atoms with Crippen LogP contribution >= 0.6 is 28.1 Å². The molecule has 4 nitrogen and oxygen atoms in total. The van der Waals surface area contributed by atoms with E-state index in [2.05, 4.69) is 15.9 Å². The topological polar surface area (TPSA) is 58.7 Å². The van der Waals surface area contributed by atoms with E-state index in [4.69, 9.17) is 22.7 Å². The van der Waals surface area contributed by atoms with Crippen molar-refractivity contribution in [3.8, 4) is 0 Å². The molecule has 110 valence electrons. The maximum absolute atomic E-state index is 10.5. The SMILES string of the molecule is CN(CC1(O)CCOCC1)c1ccc(C(N)=S)c(Br)c1. The predicted octanol–water partition coefficient (Wildman–Crippen LogP) is 2.06. The van der Waals surface area contributed by atoms with E-state index in [0.29, 0.717) is 37.6 Å². The summed E-state index contributed by atoms with van der Waals surface area (Å²) in [6.07, 6.45) is 1.34. The molecule has 0 atom stereocenters. The zero-order valence-electron chi connectivity index (χ0n) is 11.4. The van der Waals surface area contributed by atoms with Crippen molar-refractivity contribution in [3.63, 3.8) is 0 Å². The number of benzene rings is 1. The molecule has 1 aromatic rings. The van der Waals surface area contributed by atoms with Gasteiger partial charge in [0.15, 0.2) is 0 Å². The zero-order chi connectivity index (χ0) is 14.8. The van der Waals surface area contributed by atoms with Crippen molar-refractivity contribution in [1.82, 2.24) is 0 Å². The monoisotopic (exact) mass is 358 g/mol. The highest BCUT2D eigenvalue weighted by molar-refractivity contribution is 9.10. The fraction of sp³-hybridized carbons (Fsp3) is 0.500. The molecule has 20 heavy (non-hydrogen) atoms. The van der Waals surface area contributed by atoms with E-state index in [9.17, 15) is 5.11 Å². The molecule has 1 aromatic carbocycles. The first-order valence-corrected chi connectivity index (χ1v) is 7.72. The van der Waals surface area contributed by atoms with Gasteiger partial charge in [0.05, 0.1) is 5.60 Å². The highest BCUT2D eigenvalue weighted by Gasteiger charge is 2.31. The minimum Gasteiger partial charge on any atom is -0.389 e. The third-order valence-electron chi connectivity index (χ3n) is 3.61. The number of nitrogens with zero attached hydrogens (tertiary/aromatic N) is 1. The minimum atomic E-state index is -0.679. The van der Waals surface area contributed by atoms with E-state index in [1.807, 2.05) is 30.1 Å². The summed E-state index contributed by atoms with van der Waals surface area (Å²) >= 11 is 8.47. The van der Waals surface area contributed by atoms with Crippen molar-refractivity contribution in [2.45, 2.75) is 18.4 Å². The fourth-order valence-corrected chi connectivity index (χ4v) is 3.27. The molecule has 1 aliphatic rings. The number of rotatable bonds is 4. The van der Waals surface area contributed by atoms with Crippen LogP contribution < -0.4 is 10.6 Å². The van der Waals surface area contributed by atoms with Crippen molar-refractivity contribution < 1.29 is 9.84 Å². The number of likely N-dealkylation sites (N-methyl/N-ethyl adjacent to an activating group) is 1. The Bertz CT molecular complexity index is 504. The molecule has 2 rings (SSSR count). The first-order chi connectivity index (χ1) is 9.41. The lowest BCUT2D eigenvalue weighted by Gasteiger charge is -2.36. The van der Waals surface area contributed by atoms with Gasteiger partial charge in [0.2, 0.25) is 0 Å². The number of thiocarbonyl (C=S) groups is 1. The Balaban J connectivity index is 2.11. The third kappa shape index (κ3) is 3.69. The van der Waals surface area contributed by atoms with Gasteiger partial charge in [-0.2, -0.15) is 0 Å². The first-order valence-electron chi connectivity index (χ1n) is 6.52. The Labute approximate surface area is 133 Å². The van der Waals surface area contributed by atoms with Gasteiger partial charge in [0.25, 0.3) is 0 Å². The molecule has 0 saturated carbocycles. The molecule has 0 amide bonds. The van der Waals surface area contributed by atoms with Gasteiger partial charge in [0.1, 0.15) is 4.99 Å². The highest BCUT2D eigenvalue weighted by Crippen LogP contribution is 2.27. The van der Waals surface area contributed by atoms with Crippen LogP contribution in [0.1, 0.15) is 18.4 Å². The summed E-state index contributed by atoms with van der Waals surface area (Å²) in [5.74, 6) is 0. The molecule has 0 bridgehead atoms. The lowest BCUT2D eigenvalue weighted by molar-refractivity contribution is -0.0572. The van der Waals surface area contributed by atoms with Gasteiger partial charge in [-0.25, -0.2) is 0 Å². The second-order valence-corrected chi connectivity index (χ2v) is 6.52. The largest absolute Gasteiger partial charge is 0.389 e. The molecule has 0 aliphatic carbocycles. The van der Waals surface area contributed by atoms with Crippen LogP contribution in [-0.2, 0) is 4.74 Å². The number of nitrogens with two attached hydrogens (primary N) is 1. The molecular weight excluding hydrogens is 340 g/mol. The number of hydrogen-bond acceptors (Lipinski definition) is 4. The zero-order valence-corrected chi connectivity index (χ0v) is 13.8. The van der Waals surface area contributed by atoms with E-state index < -0.39 is 5.60 Å². The number of ether oxygens (including phenoxy) is 1. The Morgan fingerprint density at radius 1 is 1.50 bits per heavy atom. The third-order valence-corrected chi connectivity index (χ3v) is 4.49. The summed E-state index contributed by atoms with van der Waals surface area (Å²) < 4.78 is 6.17.